The number of esters is 1. The van der Waals surface area contributed by atoms with E-state index in [1.807, 2.05) is 61.5 Å². The average molecular weight is 479 g/mol. The molecule has 0 radical (unpaired) electrons. The molecule has 7 nitrogen and oxygen atoms in total. The molecule has 0 saturated carbocycles. The number of hydrogen-bond acceptors (Lipinski definition) is 6. The third kappa shape index (κ3) is 5.02. The molecule has 8 heteroatoms. The summed E-state index contributed by atoms with van der Waals surface area (Å²) in [5, 5.41) is 2.49. The topological polar surface area (TPSA) is 84.9 Å². The number of nitrogens with one attached hydrogen (secondary N) is 1. The molecule has 0 aromatic heterocycles. The molecule has 1 N–H and O–H groups in total. The summed E-state index contributed by atoms with van der Waals surface area (Å²) >= 11 is 1.52. The first-order valence-corrected chi connectivity index (χ1v) is 12.0. The van der Waals surface area contributed by atoms with Gasteiger partial charge in [0, 0.05) is 5.75 Å². The van der Waals surface area contributed by atoms with Crippen molar-refractivity contribution in [1.82, 2.24) is 10.2 Å². The maximum Gasteiger partial charge on any atom is 0.355 e. The number of thioether (sulfide) groups is 1. The van der Waals surface area contributed by atoms with Gasteiger partial charge < -0.3 is 14.8 Å². The minimum atomic E-state index is -0.669. The van der Waals surface area contributed by atoms with Crippen molar-refractivity contribution in [1.29, 1.82) is 0 Å². The van der Waals surface area contributed by atoms with Gasteiger partial charge in [-0.3, -0.25) is 14.5 Å². The lowest BCUT2D eigenvalue weighted by molar-refractivity contribution is -0.153. The van der Waals surface area contributed by atoms with Crippen molar-refractivity contribution in [2.24, 2.45) is 0 Å². The third-order valence-corrected chi connectivity index (χ3v) is 6.91. The van der Waals surface area contributed by atoms with Gasteiger partial charge in [-0.1, -0.05) is 54.6 Å². The maximum absolute atomic E-state index is 13.1. The van der Waals surface area contributed by atoms with Gasteiger partial charge in [-0.15, -0.1) is 11.8 Å². The Bertz CT molecular complexity index is 1130. The van der Waals surface area contributed by atoms with Gasteiger partial charge in [0.25, 0.3) is 5.91 Å². The van der Waals surface area contributed by atoms with Gasteiger partial charge in [-0.05, 0) is 35.8 Å². The minimum absolute atomic E-state index is 0.0759. The van der Waals surface area contributed by atoms with E-state index in [9.17, 15) is 14.4 Å². The zero-order valence-corrected chi connectivity index (χ0v) is 19.8. The van der Waals surface area contributed by atoms with Gasteiger partial charge in [0.2, 0.25) is 5.91 Å². The molecule has 1 unspecified atom stereocenters. The molecule has 2 aromatic carbocycles. The lowest BCUT2D eigenvalue weighted by Crippen LogP contribution is -2.70. The molecular formula is C26H26N2O5S. The normalized spacial score (nSPS) is 19.5. The van der Waals surface area contributed by atoms with E-state index in [4.69, 9.17) is 9.47 Å². The number of β-lactam (4-membered cyclic amide) rings is 1. The summed E-state index contributed by atoms with van der Waals surface area (Å²) in [5.41, 5.74) is 2.66. The Hall–Kier alpha value is -3.52. The number of nitrogens with zero attached hydrogens (tertiary/aromatic N) is 1. The molecule has 176 valence electrons. The number of benzene rings is 2. The van der Waals surface area contributed by atoms with Crippen LogP contribution in [0.1, 0.15) is 18.1 Å². The van der Waals surface area contributed by atoms with Gasteiger partial charge in [-0.2, -0.15) is 0 Å². The van der Waals surface area contributed by atoms with Crippen LogP contribution >= 0.6 is 11.8 Å². The molecule has 2 aliphatic heterocycles. The largest absolute Gasteiger partial charge is 0.497 e. The number of amides is 2. The van der Waals surface area contributed by atoms with Crippen LogP contribution in [0.2, 0.25) is 0 Å². The summed E-state index contributed by atoms with van der Waals surface area (Å²) in [6.07, 6.45) is 3.84. The van der Waals surface area contributed by atoms with Crippen LogP contribution in [-0.4, -0.2) is 47.0 Å². The Balaban J connectivity index is 1.44. The number of fused-ring (bicyclic) bond motifs is 1. The van der Waals surface area contributed by atoms with Gasteiger partial charge in [0.15, 0.2) is 0 Å². The number of ether oxygens (including phenoxy) is 2. The molecular weight excluding hydrogens is 452 g/mol. The Morgan fingerprint density at radius 2 is 1.85 bits per heavy atom. The van der Waals surface area contributed by atoms with E-state index in [0.29, 0.717) is 11.5 Å². The van der Waals surface area contributed by atoms with Crippen molar-refractivity contribution in [3.05, 3.63) is 89.1 Å². The number of carbonyl (C=O) groups excluding carboxylic acids is 3. The SMILES string of the molecule is CC=CC1=C(C(=O)OCc2ccc(OC)cc2)N2C(=O)C(NC(=O)Cc3ccccc3)[C@H]2SC1. The predicted octanol–water partition coefficient (Wildman–Crippen LogP) is 3.21. The van der Waals surface area contributed by atoms with E-state index < -0.39 is 12.0 Å². The highest BCUT2D eigenvalue weighted by Gasteiger charge is 2.54. The fourth-order valence-corrected chi connectivity index (χ4v) is 5.22. The summed E-state index contributed by atoms with van der Waals surface area (Å²) < 4.78 is 10.7. The Kier molecular flexibility index (Phi) is 7.37. The third-order valence-electron chi connectivity index (χ3n) is 5.61. The lowest BCUT2D eigenvalue weighted by Gasteiger charge is -2.49. The van der Waals surface area contributed by atoms with Gasteiger partial charge in [-0.25, -0.2) is 4.79 Å². The molecule has 0 aliphatic carbocycles. The molecule has 2 heterocycles. The summed E-state index contributed by atoms with van der Waals surface area (Å²) in [6.45, 7) is 1.93. The van der Waals surface area contributed by atoms with Gasteiger partial charge in [0.1, 0.15) is 29.5 Å². The van der Waals surface area contributed by atoms with E-state index >= 15 is 0 Å². The van der Waals surface area contributed by atoms with Crippen LogP contribution in [-0.2, 0) is 32.1 Å². The van der Waals surface area contributed by atoms with Crippen molar-refractivity contribution in [3.8, 4) is 5.75 Å². The Morgan fingerprint density at radius 3 is 2.53 bits per heavy atom. The standard InChI is InChI=1S/C26H26N2O5S/c1-3-7-19-16-34-25-22(27-21(29)14-17-8-5-4-6-9-17)24(30)28(25)23(19)26(31)33-15-18-10-12-20(32-2)13-11-18/h3-13,22,25H,14-16H2,1-2H3,(H,27,29)/t22?,25-/m1/s1. The minimum Gasteiger partial charge on any atom is -0.497 e. The molecule has 0 spiro atoms. The number of carbonyl (C=O) groups is 3. The highest BCUT2D eigenvalue weighted by atomic mass is 32.2. The van der Waals surface area contributed by atoms with Crippen LogP contribution in [0.4, 0.5) is 0 Å². The number of hydrogen-bond donors (Lipinski definition) is 1. The van der Waals surface area contributed by atoms with Crippen LogP contribution in [0.3, 0.4) is 0 Å². The zero-order valence-electron chi connectivity index (χ0n) is 19.0. The first kappa shape index (κ1) is 23.6. The zero-order chi connectivity index (χ0) is 24.1. The van der Waals surface area contributed by atoms with Crippen LogP contribution in [0.25, 0.3) is 0 Å². The summed E-state index contributed by atoms with van der Waals surface area (Å²) in [7, 11) is 1.59. The lowest BCUT2D eigenvalue weighted by atomic mass is 10.0. The molecule has 2 atom stereocenters. The van der Waals surface area contributed by atoms with Crippen LogP contribution in [0.5, 0.6) is 5.75 Å². The second kappa shape index (κ2) is 10.6. The molecule has 2 aliphatic rings. The number of allylic oxidation sites excluding steroid dienone is 2. The van der Waals surface area contributed by atoms with E-state index in [-0.39, 0.29) is 35.9 Å². The molecule has 1 fully saturated rings. The van der Waals surface area contributed by atoms with E-state index in [1.54, 1.807) is 19.2 Å². The van der Waals surface area contributed by atoms with E-state index in [0.717, 1.165) is 16.7 Å². The average Bonchev–Trinajstić information content (AvgIpc) is 2.86. The van der Waals surface area contributed by atoms with Gasteiger partial charge >= 0.3 is 5.97 Å². The molecule has 1 saturated heterocycles. The smallest absolute Gasteiger partial charge is 0.355 e. The Morgan fingerprint density at radius 1 is 1.12 bits per heavy atom. The molecule has 34 heavy (non-hydrogen) atoms. The molecule has 0 bridgehead atoms. The van der Waals surface area contributed by atoms with Crippen molar-refractivity contribution in [2.45, 2.75) is 31.4 Å². The van der Waals surface area contributed by atoms with Crippen LogP contribution in [0.15, 0.2) is 78.0 Å². The van der Waals surface area contributed by atoms with Crippen LogP contribution < -0.4 is 10.1 Å². The quantitative estimate of drug-likeness (QED) is 0.463. The first-order valence-electron chi connectivity index (χ1n) is 11.0. The van der Waals surface area contributed by atoms with Crippen LogP contribution in [0, 0.1) is 0 Å². The maximum atomic E-state index is 13.1. The van der Waals surface area contributed by atoms with Crippen molar-refractivity contribution < 1.29 is 23.9 Å². The summed E-state index contributed by atoms with van der Waals surface area (Å²) in [6, 6.07) is 15.9. The number of rotatable bonds is 8. The highest BCUT2D eigenvalue weighted by molar-refractivity contribution is 8.00. The Labute approximate surface area is 202 Å². The first-order chi connectivity index (χ1) is 16.5. The van der Waals surface area contributed by atoms with E-state index in [1.165, 1.54) is 16.7 Å². The highest BCUT2D eigenvalue weighted by Crippen LogP contribution is 2.41. The molecule has 4 rings (SSSR count). The van der Waals surface area contributed by atoms with Crippen molar-refractivity contribution in [3.63, 3.8) is 0 Å². The fourth-order valence-electron chi connectivity index (χ4n) is 3.91. The second-order valence-electron chi connectivity index (χ2n) is 7.92. The molecule has 2 amide bonds. The molecule has 2 aromatic rings. The second-order valence-corrected chi connectivity index (χ2v) is 9.02. The van der Waals surface area contributed by atoms with E-state index in [2.05, 4.69) is 5.32 Å². The van der Waals surface area contributed by atoms with Gasteiger partial charge in [0.05, 0.1) is 13.5 Å². The fraction of sp³-hybridized carbons (Fsp3) is 0.269. The van der Waals surface area contributed by atoms with Crippen molar-refractivity contribution in [2.75, 3.05) is 12.9 Å². The predicted molar refractivity (Wildman–Crippen MR) is 130 cm³/mol. The summed E-state index contributed by atoms with van der Waals surface area (Å²) in [5.74, 6) is 0.161. The number of methoxy groups -OCH3 is 1. The summed E-state index contributed by atoms with van der Waals surface area (Å²) in [4.78, 5) is 40.0. The monoisotopic (exact) mass is 478 g/mol. The van der Waals surface area contributed by atoms with Crippen molar-refractivity contribution >= 4 is 29.5 Å².